The standard InChI is InChI=1S/C4H4ClNO4S/c1-2-3-10-4(7)6-11(5,8)9/h1H,3H2,(H,6,7). The Morgan fingerprint density at radius 3 is 2.64 bits per heavy atom. The predicted molar refractivity (Wildman–Crippen MR) is 38.1 cm³/mol. The van der Waals surface area contributed by atoms with Gasteiger partial charge in [0.1, 0.15) is 0 Å². The maximum absolute atomic E-state index is 10.3. The van der Waals surface area contributed by atoms with E-state index in [1.54, 1.807) is 0 Å². The SMILES string of the molecule is C#CCOC(=O)NS(=O)(=O)Cl. The molecular weight excluding hydrogens is 194 g/mol. The van der Waals surface area contributed by atoms with E-state index >= 15 is 0 Å². The lowest BCUT2D eigenvalue weighted by atomic mass is 10.8. The van der Waals surface area contributed by atoms with E-state index in [0.717, 1.165) is 0 Å². The van der Waals surface area contributed by atoms with Gasteiger partial charge in [0.15, 0.2) is 6.61 Å². The highest BCUT2D eigenvalue weighted by molar-refractivity contribution is 8.12. The van der Waals surface area contributed by atoms with Crippen molar-refractivity contribution in [2.45, 2.75) is 0 Å². The number of carbonyl (C=O) groups excluding carboxylic acids is 1. The van der Waals surface area contributed by atoms with Gasteiger partial charge >= 0.3 is 15.3 Å². The fourth-order valence-corrected chi connectivity index (χ4v) is 0.683. The Labute approximate surface area is 68.2 Å². The van der Waals surface area contributed by atoms with Crippen molar-refractivity contribution in [3.05, 3.63) is 0 Å². The van der Waals surface area contributed by atoms with Crippen LogP contribution in [0.3, 0.4) is 0 Å². The molecular formula is C4H4ClNO4S. The van der Waals surface area contributed by atoms with Gasteiger partial charge in [-0.1, -0.05) is 5.92 Å². The number of ether oxygens (including phenoxy) is 1. The summed E-state index contributed by atoms with van der Waals surface area (Å²) in [5.41, 5.74) is 0. The average Bonchev–Trinajstić information content (AvgIpc) is 1.79. The topological polar surface area (TPSA) is 72.5 Å². The molecule has 0 aromatic rings. The van der Waals surface area contributed by atoms with Crippen LogP contribution in [0, 0.1) is 12.3 Å². The number of halogens is 1. The molecule has 5 nitrogen and oxygen atoms in total. The molecule has 11 heavy (non-hydrogen) atoms. The van der Waals surface area contributed by atoms with Crippen molar-refractivity contribution in [2.75, 3.05) is 6.61 Å². The Balaban J connectivity index is 3.83. The van der Waals surface area contributed by atoms with E-state index in [-0.39, 0.29) is 6.61 Å². The van der Waals surface area contributed by atoms with Crippen molar-refractivity contribution in [2.24, 2.45) is 0 Å². The molecule has 0 aliphatic rings. The highest BCUT2D eigenvalue weighted by atomic mass is 35.7. The van der Waals surface area contributed by atoms with E-state index < -0.39 is 15.3 Å². The summed E-state index contributed by atoms with van der Waals surface area (Å²) < 4.78 is 25.7. The number of carbonyl (C=O) groups is 1. The zero-order valence-electron chi connectivity index (χ0n) is 5.20. The Bertz CT molecular complexity index is 277. The molecule has 62 valence electrons. The summed E-state index contributed by atoms with van der Waals surface area (Å²) in [4.78, 5) is 10.3. The lowest BCUT2D eigenvalue weighted by Gasteiger charge is -1.98. The molecule has 0 heterocycles. The third-order valence-corrected chi connectivity index (χ3v) is 1.13. The van der Waals surface area contributed by atoms with E-state index in [9.17, 15) is 13.2 Å². The normalized spacial score (nSPS) is 9.82. The van der Waals surface area contributed by atoms with Crippen LogP contribution in [-0.2, 0) is 14.0 Å². The lowest BCUT2D eigenvalue weighted by Crippen LogP contribution is -2.27. The summed E-state index contributed by atoms with van der Waals surface area (Å²) >= 11 is 0. The van der Waals surface area contributed by atoms with E-state index in [2.05, 4.69) is 15.4 Å². The number of nitrogens with one attached hydrogen (secondary N) is 1. The van der Waals surface area contributed by atoms with E-state index in [0.29, 0.717) is 0 Å². The highest BCUT2D eigenvalue weighted by Gasteiger charge is 2.10. The zero-order chi connectivity index (χ0) is 8.91. The van der Waals surface area contributed by atoms with Crippen molar-refractivity contribution in [1.82, 2.24) is 4.72 Å². The van der Waals surface area contributed by atoms with Gasteiger partial charge in [0.25, 0.3) is 0 Å². The van der Waals surface area contributed by atoms with Crippen molar-refractivity contribution >= 4 is 26.0 Å². The second-order valence-electron chi connectivity index (χ2n) is 1.32. The molecule has 0 atom stereocenters. The third-order valence-electron chi connectivity index (χ3n) is 0.492. The number of hydrogen-bond acceptors (Lipinski definition) is 4. The Hall–Kier alpha value is -0.930. The fraction of sp³-hybridized carbons (Fsp3) is 0.250. The minimum atomic E-state index is -4.07. The number of terminal acetylenes is 1. The molecule has 0 aliphatic carbocycles. The van der Waals surface area contributed by atoms with Gasteiger partial charge in [-0.05, 0) is 0 Å². The molecule has 1 N–H and O–H groups in total. The van der Waals surface area contributed by atoms with Gasteiger partial charge in [0.05, 0.1) is 0 Å². The number of hydrogen-bond donors (Lipinski definition) is 1. The molecule has 0 spiro atoms. The Morgan fingerprint density at radius 1 is 1.73 bits per heavy atom. The molecule has 0 saturated heterocycles. The summed E-state index contributed by atoms with van der Waals surface area (Å²) in [6.07, 6.45) is 3.51. The van der Waals surface area contributed by atoms with E-state index in [1.807, 2.05) is 5.92 Å². The Morgan fingerprint density at radius 2 is 2.27 bits per heavy atom. The summed E-state index contributed by atoms with van der Waals surface area (Å²) in [6.45, 7) is -0.307. The summed E-state index contributed by atoms with van der Waals surface area (Å²) in [5.74, 6) is 1.96. The van der Waals surface area contributed by atoms with Crippen LogP contribution in [0.25, 0.3) is 0 Å². The van der Waals surface area contributed by atoms with Crippen LogP contribution in [0.15, 0.2) is 0 Å². The van der Waals surface area contributed by atoms with Gasteiger partial charge < -0.3 is 4.74 Å². The first-order valence-electron chi connectivity index (χ1n) is 2.28. The molecule has 7 heteroatoms. The molecule has 0 aromatic heterocycles. The van der Waals surface area contributed by atoms with Crippen molar-refractivity contribution in [1.29, 1.82) is 0 Å². The van der Waals surface area contributed by atoms with Crippen molar-refractivity contribution in [3.63, 3.8) is 0 Å². The van der Waals surface area contributed by atoms with Gasteiger partial charge in [-0.25, -0.2) is 9.52 Å². The van der Waals surface area contributed by atoms with Crippen molar-refractivity contribution in [3.8, 4) is 12.3 Å². The summed E-state index contributed by atoms with van der Waals surface area (Å²) in [7, 11) is 0.541. The van der Waals surface area contributed by atoms with E-state index in [1.165, 1.54) is 4.72 Å². The van der Waals surface area contributed by atoms with Crippen LogP contribution < -0.4 is 4.72 Å². The minimum absolute atomic E-state index is 0.307. The molecule has 0 fully saturated rings. The zero-order valence-corrected chi connectivity index (χ0v) is 6.78. The first-order valence-corrected chi connectivity index (χ1v) is 4.59. The van der Waals surface area contributed by atoms with Crippen LogP contribution in [0.2, 0.25) is 0 Å². The molecule has 1 amide bonds. The number of rotatable bonds is 2. The summed E-state index contributed by atoms with van der Waals surface area (Å²) in [5, 5.41) is 0. The van der Waals surface area contributed by atoms with E-state index in [4.69, 9.17) is 6.42 Å². The first-order chi connectivity index (χ1) is 4.95. The second-order valence-corrected chi connectivity index (χ2v) is 3.62. The largest absolute Gasteiger partial charge is 0.436 e. The van der Waals surface area contributed by atoms with Crippen molar-refractivity contribution < 1.29 is 17.9 Å². The smallest absolute Gasteiger partial charge is 0.422 e. The highest BCUT2D eigenvalue weighted by Crippen LogP contribution is 1.90. The monoisotopic (exact) mass is 197 g/mol. The maximum Gasteiger partial charge on any atom is 0.422 e. The quantitative estimate of drug-likeness (QED) is 0.493. The van der Waals surface area contributed by atoms with Gasteiger partial charge in [-0.3, -0.25) is 0 Å². The lowest BCUT2D eigenvalue weighted by molar-refractivity contribution is 0.167. The van der Waals surface area contributed by atoms with Crippen LogP contribution >= 0.6 is 10.7 Å². The van der Waals surface area contributed by atoms with Crippen LogP contribution in [0.1, 0.15) is 0 Å². The second kappa shape index (κ2) is 4.05. The molecule has 0 rings (SSSR count). The van der Waals surface area contributed by atoms with Crippen LogP contribution in [-0.4, -0.2) is 21.1 Å². The fourth-order valence-electron chi connectivity index (χ4n) is 0.236. The van der Waals surface area contributed by atoms with Gasteiger partial charge in [0.2, 0.25) is 0 Å². The Kier molecular flexibility index (Phi) is 3.71. The molecule has 0 unspecified atom stereocenters. The summed E-state index contributed by atoms with van der Waals surface area (Å²) in [6, 6.07) is 0. The van der Waals surface area contributed by atoms with Gasteiger partial charge in [-0.2, -0.15) is 8.42 Å². The van der Waals surface area contributed by atoms with Crippen LogP contribution in [0.4, 0.5) is 4.79 Å². The number of amides is 1. The van der Waals surface area contributed by atoms with Gasteiger partial charge in [-0.15, -0.1) is 6.42 Å². The van der Waals surface area contributed by atoms with Crippen LogP contribution in [0.5, 0.6) is 0 Å². The minimum Gasteiger partial charge on any atom is -0.436 e. The third kappa shape index (κ3) is 6.96. The molecule has 0 bridgehead atoms. The molecule has 0 aromatic carbocycles. The molecule has 0 radical (unpaired) electrons. The average molecular weight is 198 g/mol. The first kappa shape index (κ1) is 10.1. The molecule has 0 saturated carbocycles. The molecule has 0 aliphatic heterocycles. The predicted octanol–water partition coefficient (Wildman–Crippen LogP) is -0.171. The maximum atomic E-state index is 10.3. The van der Waals surface area contributed by atoms with Gasteiger partial charge in [0, 0.05) is 10.7 Å².